The number of hydrogen-bond acceptors (Lipinski definition) is 2. The van der Waals surface area contributed by atoms with E-state index in [1.54, 1.807) is 6.07 Å². The van der Waals surface area contributed by atoms with Crippen LogP contribution in [0.5, 0.6) is 5.75 Å². The summed E-state index contributed by atoms with van der Waals surface area (Å²) in [6.45, 7) is 6.01. The normalized spacial score (nSPS) is 23.4. The number of phenols is 1. The third-order valence-corrected chi connectivity index (χ3v) is 3.96. The van der Waals surface area contributed by atoms with Gasteiger partial charge in [0.05, 0.1) is 5.56 Å². The second-order valence-electron chi connectivity index (χ2n) is 5.17. The first-order chi connectivity index (χ1) is 8.56. The zero-order valence-corrected chi connectivity index (χ0v) is 11.3. The minimum atomic E-state index is -0.0342. The van der Waals surface area contributed by atoms with Crippen LogP contribution in [0.3, 0.4) is 0 Å². The molecule has 18 heavy (non-hydrogen) atoms. The molecule has 1 aliphatic heterocycles. The van der Waals surface area contributed by atoms with Crippen molar-refractivity contribution >= 4 is 5.91 Å². The monoisotopic (exact) mass is 247 g/mol. The van der Waals surface area contributed by atoms with Crippen LogP contribution in [0.2, 0.25) is 0 Å². The molecule has 0 saturated carbocycles. The van der Waals surface area contributed by atoms with Gasteiger partial charge in [0.1, 0.15) is 5.75 Å². The molecule has 1 aromatic rings. The van der Waals surface area contributed by atoms with Gasteiger partial charge in [-0.1, -0.05) is 19.1 Å². The number of carbonyl (C=O) groups excluding carboxylic acids is 1. The Morgan fingerprint density at radius 1 is 1.44 bits per heavy atom. The van der Waals surface area contributed by atoms with Gasteiger partial charge in [-0.25, -0.2) is 0 Å². The summed E-state index contributed by atoms with van der Waals surface area (Å²) in [6.07, 6.45) is 3.09. The second-order valence-corrected chi connectivity index (χ2v) is 5.17. The fourth-order valence-corrected chi connectivity index (χ4v) is 2.81. The van der Waals surface area contributed by atoms with E-state index >= 15 is 0 Å². The molecule has 1 aliphatic rings. The molecule has 0 bridgehead atoms. The number of aryl methyl sites for hydroxylation is 1. The van der Waals surface area contributed by atoms with Crippen molar-refractivity contribution < 1.29 is 9.90 Å². The number of benzene rings is 1. The maximum absolute atomic E-state index is 12.6. The van der Waals surface area contributed by atoms with E-state index in [4.69, 9.17) is 0 Å². The third-order valence-electron chi connectivity index (χ3n) is 3.96. The molecule has 2 unspecified atom stereocenters. The van der Waals surface area contributed by atoms with Crippen LogP contribution in [0.4, 0.5) is 0 Å². The fraction of sp³-hybridized carbons (Fsp3) is 0.533. The van der Waals surface area contributed by atoms with Crippen molar-refractivity contribution in [3.63, 3.8) is 0 Å². The lowest BCUT2D eigenvalue weighted by molar-refractivity contribution is 0.0673. The maximum Gasteiger partial charge on any atom is 0.258 e. The number of para-hydroxylation sites is 1. The molecule has 1 N–H and O–H groups in total. The number of hydrogen-bond donors (Lipinski definition) is 1. The molecule has 1 heterocycles. The second kappa shape index (κ2) is 5.01. The van der Waals surface area contributed by atoms with Crippen LogP contribution in [0.15, 0.2) is 18.2 Å². The number of phenolic OH excluding ortho intramolecular Hbond substituents is 1. The maximum atomic E-state index is 12.6. The van der Waals surface area contributed by atoms with Crippen molar-refractivity contribution in [2.24, 2.45) is 0 Å². The van der Waals surface area contributed by atoms with Crippen LogP contribution in [-0.2, 0) is 0 Å². The summed E-state index contributed by atoms with van der Waals surface area (Å²) in [4.78, 5) is 14.5. The first-order valence-electron chi connectivity index (χ1n) is 6.67. The van der Waals surface area contributed by atoms with Crippen LogP contribution in [-0.4, -0.2) is 28.0 Å². The minimum absolute atomic E-state index is 0.0342. The molecule has 0 spiro atoms. The summed E-state index contributed by atoms with van der Waals surface area (Å²) < 4.78 is 0. The van der Waals surface area contributed by atoms with E-state index in [9.17, 15) is 9.90 Å². The topological polar surface area (TPSA) is 40.5 Å². The van der Waals surface area contributed by atoms with Gasteiger partial charge in [-0.15, -0.1) is 0 Å². The van der Waals surface area contributed by atoms with Crippen LogP contribution in [0.25, 0.3) is 0 Å². The average Bonchev–Trinajstić information content (AvgIpc) is 2.73. The number of nitrogens with zero attached hydrogens (tertiary/aromatic N) is 1. The molecule has 2 rings (SSSR count). The molecule has 0 aromatic heterocycles. The largest absolute Gasteiger partial charge is 0.507 e. The summed E-state index contributed by atoms with van der Waals surface area (Å²) in [6, 6.07) is 5.93. The molecule has 2 atom stereocenters. The van der Waals surface area contributed by atoms with Crippen molar-refractivity contribution in [3.05, 3.63) is 29.3 Å². The number of amides is 1. The molecule has 0 radical (unpaired) electrons. The summed E-state index contributed by atoms with van der Waals surface area (Å²) in [5.74, 6) is 0.0875. The quantitative estimate of drug-likeness (QED) is 0.872. The van der Waals surface area contributed by atoms with Crippen molar-refractivity contribution in [2.45, 2.75) is 52.1 Å². The Kier molecular flexibility index (Phi) is 3.60. The number of aromatic hydroxyl groups is 1. The van der Waals surface area contributed by atoms with E-state index in [0.29, 0.717) is 11.6 Å². The van der Waals surface area contributed by atoms with E-state index in [1.807, 2.05) is 24.0 Å². The Bertz CT molecular complexity index is 456. The van der Waals surface area contributed by atoms with E-state index in [1.165, 1.54) is 0 Å². The fourth-order valence-electron chi connectivity index (χ4n) is 2.81. The Morgan fingerprint density at radius 3 is 2.83 bits per heavy atom. The highest BCUT2D eigenvalue weighted by molar-refractivity contribution is 5.97. The Labute approximate surface area is 108 Å². The van der Waals surface area contributed by atoms with Crippen molar-refractivity contribution in [3.8, 4) is 5.75 Å². The van der Waals surface area contributed by atoms with Crippen molar-refractivity contribution in [1.29, 1.82) is 0 Å². The summed E-state index contributed by atoms with van der Waals surface area (Å²) in [5, 5.41) is 10.0. The highest BCUT2D eigenvalue weighted by Gasteiger charge is 2.34. The van der Waals surface area contributed by atoms with Crippen LogP contribution in [0.1, 0.15) is 49.0 Å². The zero-order chi connectivity index (χ0) is 13.3. The van der Waals surface area contributed by atoms with Gasteiger partial charge in [-0.05, 0) is 44.7 Å². The third kappa shape index (κ3) is 2.09. The molecule has 1 fully saturated rings. The average molecular weight is 247 g/mol. The van der Waals surface area contributed by atoms with Crippen molar-refractivity contribution in [1.82, 2.24) is 4.90 Å². The predicted molar refractivity (Wildman–Crippen MR) is 71.8 cm³/mol. The van der Waals surface area contributed by atoms with Gasteiger partial charge in [-0.3, -0.25) is 4.79 Å². The van der Waals surface area contributed by atoms with E-state index in [2.05, 4.69) is 13.8 Å². The molecular weight excluding hydrogens is 226 g/mol. The smallest absolute Gasteiger partial charge is 0.258 e. The van der Waals surface area contributed by atoms with Gasteiger partial charge in [0.2, 0.25) is 0 Å². The highest BCUT2D eigenvalue weighted by Crippen LogP contribution is 2.31. The van der Waals surface area contributed by atoms with Crippen molar-refractivity contribution in [2.75, 3.05) is 0 Å². The summed E-state index contributed by atoms with van der Waals surface area (Å²) >= 11 is 0. The standard InChI is InChI=1S/C15H21NO2/c1-4-12-9-8-11(3)16(12)15(18)13-7-5-6-10(2)14(13)17/h5-7,11-12,17H,4,8-9H2,1-3H3. The lowest BCUT2D eigenvalue weighted by atomic mass is 10.1. The molecular formula is C15H21NO2. The Morgan fingerprint density at radius 2 is 2.17 bits per heavy atom. The molecule has 1 amide bonds. The van der Waals surface area contributed by atoms with E-state index in [0.717, 1.165) is 24.8 Å². The lowest BCUT2D eigenvalue weighted by Gasteiger charge is -2.28. The summed E-state index contributed by atoms with van der Waals surface area (Å²) in [5.41, 5.74) is 1.18. The van der Waals surface area contributed by atoms with Gasteiger partial charge in [0, 0.05) is 12.1 Å². The molecule has 1 aromatic carbocycles. The lowest BCUT2D eigenvalue weighted by Crippen LogP contribution is -2.39. The molecule has 3 nitrogen and oxygen atoms in total. The first kappa shape index (κ1) is 12.9. The van der Waals surface area contributed by atoms with Gasteiger partial charge in [0.15, 0.2) is 0 Å². The van der Waals surface area contributed by atoms with Crippen LogP contribution in [0, 0.1) is 6.92 Å². The Hall–Kier alpha value is -1.51. The van der Waals surface area contributed by atoms with Gasteiger partial charge in [-0.2, -0.15) is 0 Å². The first-order valence-corrected chi connectivity index (χ1v) is 6.67. The van der Waals surface area contributed by atoms with Gasteiger partial charge in [0.25, 0.3) is 5.91 Å². The molecule has 98 valence electrons. The Balaban J connectivity index is 2.33. The number of carbonyl (C=O) groups is 1. The molecule has 3 heteroatoms. The van der Waals surface area contributed by atoms with E-state index in [-0.39, 0.29) is 17.7 Å². The van der Waals surface area contributed by atoms with E-state index < -0.39 is 0 Å². The SMILES string of the molecule is CCC1CCC(C)N1C(=O)c1cccc(C)c1O. The predicted octanol–water partition coefficient (Wildman–Crippen LogP) is 3.10. The van der Waals surface area contributed by atoms with Crippen LogP contribution < -0.4 is 0 Å². The van der Waals surface area contributed by atoms with Gasteiger partial charge < -0.3 is 10.0 Å². The molecule has 0 aliphatic carbocycles. The molecule has 1 saturated heterocycles. The number of likely N-dealkylation sites (tertiary alicyclic amines) is 1. The van der Waals surface area contributed by atoms with Crippen LogP contribution >= 0.6 is 0 Å². The van der Waals surface area contributed by atoms with Gasteiger partial charge >= 0.3 is 0 Å². The number of rotatable bonds is 2. The summed E-state index contributed by atoms with van der Waals surface area (Å²) in [7, 11) is 0. The minimum Gasteiger partial charge on any atom is -0.507 e. The highest BCUT2D eigenvalue weighted by atomic mass is 16.3. The zero-order valence-electron chi connectivity index (χ0n) is 11.3.